The van der Waals surface area contributed by atoms with Crippen molar-refractivity contribution < 1.29 is 8.60 Å². The summed E-state index contributed by atoms with van der Waals surface area (Å²) >= 11 is 1.64. The lowest BCUT2D eigenvalue weighted by molar-refractivity contribution is 0.628. The van der Waals surface area contributed by atoms with E-state index in [2.05, 4.69) is 25.1 Å². The fourth-order valence-electron chi connectivity index (χ4n) is 3.58. The average molecular weight is 431 g/mol. The highest BCUT2D eigenvalue weighted by molar-refractivity contribution is 7.85. The number of hydrogen-bond acceptors (Lipinski definition) is 8. The van der Waals surface area contributed by atoms with E-state index in [9.17, 15) is 8.60 Å². The summed E-state index contributed by atoms with van der Waals surface area (Å²) in [5.41, 5.74) is 1.39. The molecule has 29 heavy (non-hydrogen) atoms. The van der Waals surface area contributed by atoms with Gasteiger partial charge in [-0.1, -0.05) is 6.07 Å². The van der Waals surface area contributed by atoms with Crippen LogP contribution >= 0.6 is 11.3 Å². The molecule has 0 aliphatic carbocycles. The maximum Gasteiger partial charge on any atom is 0.227 e. The molecule has 0 saturated carbocycles. The van der Waals surface area contributed by atoms with Gasteiger partial charge >= 0.3 is 0 Å². The van der Waals surface area contributed by atoms with E-state index in [0.29, 0.717) is 34.5 Å². The van der Waals surface area contributed by atoms with Gasteiger partial charge in [-0.25, -0.2) is 14.4 Å². The van der Waals surface area contributed by atoms with E-state index in [1.807, 2.05) is 11.6 Å². The van der Waals surface area contributed by atoms with E-state index >= 15 is 0 Å². The smallest absolute Gasteiger partial charge is 0.227 e. The molecule has 3 aromatic rings. The third-order valence-corrected chi connectivity index (χ3v) is 7.31. The summed E-state index contributed by atoms with van der Waals surface area (Å²) in [7, 11) is -1.14. The van der Waals surface area contributed by atoms with Crippen molar-refractivity contribution in [2.75, 3.05) is 47.0 Å². The lowest BCUT2D eigenvalue weighted by Gasteiger charge is -2.34. The van der Waals surface area contributed by atoms with Gasteiger partial charge in [0.1, 0.15) is 10.7 Å². The number of nitrogens with zero attached hydrogens (tertiary/aromatic N) is 5. The average Bonchev–Trinajstić information content (AvgIpc) is 3.39. The summed E-state index contributed by atoms with van der Waals surface area (Å²) in [4.78, 5) is 18.8. The zero-order valence-corrected chi connectivity index (χ0v) is 17.2. The Hall–Kier alpha value is -2.59. The standard InChI is InChI=1S/C19H19FN6OS2/c20-13-2-1-3-14(12-13)22-17-16-15(4-11-29(16)27)23-18(24-17)25-6-8-26(9-7-25)19-21-5-10-28-19/h1-3,5,10,12H,4,6-9,11H2,(H,22,23,24). The molecule has 150 valence electrons. The van der Waals surface area contributed by atoms with Crippen molar-refractivity contribution in [1.29, 1.82) is 0 Å². The predicted molar refractivity (Wildman–Crippen MR) is 113 cm³/mol. The molecule has 0 amide bonds. The van der Waals surface area contributed by atoms with Crippen molar-refractivity contribution in [3.63, 3.8) is 0 Å². The molecule has 4 heterocycles. The lowest BCUT2D eigenvalue weighted by atomic mass is 10.3. The molecule has 1 aromatic carbocycles. The van der Waals surface area contributed by atoms with Gasteiger partial charge in [-0.3, -0.25) is 4.21 Å². The Balaban J connectivity index is 1.42. The zero-order chi connectivity index (χ0) is 19.8. The normalized spacial score (nSPS) is 18.7. The number of halogens is 1. The molecular weight excluding hydrogens is 411 g/mol. The number of hydrogen-bond donors (Lipinski definition) is 1. The third kappa shape index (κ3) is 3.69. The Morgan fingerprint density at radius 1 is 1.14 bits per heavy atom. The number of anilines is 4. The van der Waals surface area contributed by atoms with Crippen molar-refractivity contribution in [3.8, 4) is 0 Å². The summed E-state index contributed by atoms with van der Waals surface area (Å²) in [5.74, 6) is 1.35. The first-order valence-electron chi connectivity index (χ1n) is 9.38. The topological polar surface area (TPSA) is 74.2 Å². The van der Waals surface area contributed by atoms with Crippen LogP contribution in [-0.2, 0) is 17.2 Å². The van der Waals surface area contributed by atoms with Crippen LogP contribution in [0, 0.1) is 5.82 Å². The first-order valence-corrected chi connectivity index (χ1v) is 11.6. The van der Waals surface area contributed by atoms with Gasteiger partial charge in [0.05, 0.1) is 16.5 Å². The van der Waals surface area contributed by atoms with E-state index in [-0.39, 0.29) is 5.82 Å². The SMILES string of the molecule is O=S1CCc2nc(N3CCN(c4nccs4)CC3)nc(Nc3cccc(F)c3)c21. The molecule has 2 aromatic heterocycles. The van der Waals surface area contributed by atoms with Crippen LogP contribution in [0.1, 0.15) is 5.69 Å². The number of fused-ring (bicyclic) bond motifs is 1. The first-order chi connectivity index (χ1) is 14.2. The Labute approximate surface area is 174 Å². The number of benzene rings is 1. The molecule has 1 N–H and O–H groups in total. The number of aryl methyl sites for hydroxylation is 1. The molecule has 2 aliphatic heterocycles. The van der Waals surface area contributed by atoms with Crippen molar-refractivity contribution in [1.82, 2.24) is 15.0 Å². The quantitative estimate of drug-likeness (QED) is 0.682. The van der Waals surface area contributed by atoms with Gasteiger partial charge in [0.2, 0.25) is 5.95 Å². The second-order valence-electron chi connectivity index (χ2n) is 6.87. The summed E-state index contributed by atoms with van der Waals surface area (Å²) in [6.45, 7) is 3.24. The summed E-state index contributed by atoms with van der Waals surface area (Å²) < 4.78 is 26.1. The lowest BCUT2D eigenvalue weighted by Crippen LogP contribution is -2.47. The van der Waals surface area contributed by atoms with Gasteiger partial charge in [0.15, 0.2) is 10.9 Å². The van der Waals surface area contributed by atoms with Crippen LogP contribution in [0.5, 0.6) is 0 Å². The molecule has 1 saturated heterocycles. The second kappa shape index (κ2) is 7.68. The highest BCUT2D eigenvalue weighted by Gasteiger charge is 2.28. The Morgan fingerprint density at radius 2 is 1.97 bits per heavy atom. The molecule has 1 fully saturated rings. The minimum absolute atomic E-state index is 0.333. The second-order valence-corrected chi connectivity index (χ2v) is 9.25. The minimum Gasteiger partial charge on any atom is -0.345 e. The van der Waals surface area contributed by atoms with E-state index in [0.717, 1.165) is 37.0 Å². The monoisotopic (exact) mass is 430 g/mol. The minimum atomic E-state index is -1.14. The molecule has 5 rings (SSSR count). The van der Waals surface area contributed by atoms with Crippen LogP contribution in [0.4, 0.5) is 27.0 Å². The summed E-state index contributed by atoms with van der Waals surface area (Å²) in [6.07, 6.45) is 2.48. The van der Waals surface area contributed by atoms with Crippen LogP contribution in [0.3, 0.4) is 0 Å². The first kappa shape index (κ1) is 18.4. The number of rotatable bonds is 4. The number of piperazine rings is 1. The highest BCUT2D eigenvalue weighted by atomic mass is 32.2. The third-order valence-electron chi connectivity index (χ3n) is 5.02. The predicted octanol–water partition coefficient (Wildman–Crippen LogP) is 2.81. The van der Waals surface area contributed by atoms with E-state index in [1.54, 1.807) is 23.5 Å². The van der Waals surface area contributed by atoms with Crippen molar-refractivity contribution in [2.24, 2.45) is 0 Å². The highest BCUT2D eigenvalue weighted by Crippen LogP contribution is 2.32. The number of aromatic nitrogens is 3. The molecular formula is C19H19FN6OS2. The molecule has 1 unspecified atom stereocenters. The van der Waals surface area contributed by atoms with Gasteiger partial charge in [-0.2, -0.15) is 4.98 Å². The fourth-order valence-corrected chi connectivity index (χ4v) is 5.59. The zero-order valence-electron chi connectivity index (χ0n) is 15.5. The largest absolute Gasteiger partial charge is 0.345 e. The summed E-state index contributed by atoms with van der Waals surface area (Å²) in [5, 5.41) is 6.17. The Bertz CT molecular complexity index is 1050. The molecule has 1 atom stereocenters. The van der Waals surface area contributed by atoms with E-state index in [1.165, 1.54) is 12.1 Å². The van der Waals surface area contributed by atoms with Gasteiger partial charge in [0.25, 0.3) is 0 Å². The van der Waals surface area contributed by atoms with Crippen molar-refractivity contribution >= 4 is 44.7 Å². The molecule has 7 nitrogen and oxygen atoms in total. The summed E-state index contributed by atoms with van der Waals surface area (Å²) in [6, 6.07) is 6.19. The number of nitrogens with one attached hydrogen (secondary N) is 1. The van der Waals surface area contributed by atoms with Crippen LogP contribution in [0.15, 0.2) is 40.7 Å². The Kier molecular flexibility index (Phi) is 4.88. The van der Waals surface area contributed by atoms with E-state index < -0.39 is 10.8 Å². The van der Waals surface area contributed by atoms with Crippen LogP contribution < -0.4 is 15.1 Å². The maximum atomic E-state index is 13.6. The van der Waals surface area contributed by atoms with Crippen molar-refractivity contribution in [2.45, 2.75) is 11.3 Å². The van der Waals surface area contributed by atoms with Crippen LogP contribution in [0.2, 0.25) is 0 Å². The number of thiazole rings is 1. The molecule has 10 heteroatoms. The van der Waals surface area contributed by atoms with Gasteiger partial charge in [-0.05, 0) is 18.2 Å². The van der Waals surface area contributed by atoms with Gasteiger partial charge in [-0.15, -0.1) is 11.3 Å². The van der Waals surface area contributed by atoms with E-state index in [4.69, 9.17) is 4.98 Å². The van der Waals surface area contributed by atoms with Crippen LogP contribution in [0.25, 0.3) is 0 Å². The Morgan fingerprint density at radius 3 is 2.72 bits per heavy atom. The molecule has 2 aliphatic rings. The fraction of sp³-hybridized carbons (Fsp3) is 0.316. The maximum absolute atomic E-state index is 13.6. The molecule has 0 spiro atoms. The van der Waals surface area contributed by atoms with Crippen LogP contribution in [-0.4, -0.2) is 51.1 Å². The molecule has 0 bridgehead atoms. The van der Waals surface area contributed by atoms with Gasteiger partial charge < -0.3 is 15.1 Å². The van der Waals surface area contributed by atoms with Gasteiger partial charge in [0, 0.05) is 55.6 Å². The van der Waals surface area contributed by atoms with Crippen molar-refractivity contribution in [3.05, 3.63) is 47.4 Å². The molecule has 0 radical (unpaired) electrons.